The van der Waals surface area contributed by atoms with Crippen LogP contribution < -0.4 is 10.2 Å². The van der Waals surface area contributed by atoms with Crippen LogP contribution in [0.25, 0.3) is 0 Å². The minimum atomic E-state index is -0.0148. The van der Waals surface area contributed by atoms with E-state index >= 15 is 0 Å². The number of amides is 1. The zero-order chi connectivity index (χ0) is 20.4. The Hall–Kier alpha value is -2.63. The van der Waals surface area contributed by atoms with Gasteiger partial charge in [-0.15, -0.1) is 0 Å². The van der Waals surface area contributed by atoms with Gasteiger partial charge in [0, 0.05) is 30.4 Å². The number of rotatable bonds is 7. The lowest BCUT2D eigenvalue weighted by Gasteiger charge is -2.20. The largest absolute Gasteiger partial charge is 0.341 e. The van der Waals surface area contributed by atoms with Crippen LogP contribution in [-0.2, 0) is 6.54 Å². The summed E-state index contributed by atoms with van der Waals surface area (Å²) in [6.45, 7) is 14.7. The first-order chi connectivity index (χ1) is 13.3. The van der Waals surface area contributed by atoms with Crippen molar-refractivity contribution in [1.29, 1.82) is 0 Å². The highest BCUT2D eigenvalue weighted by Gasteiger charge is 2.34. The second-order valence-corrected chi connectivity index (χ2v) is 7.80. The lowest BCUT2D eigenvalue weighted by Crippen LogP contribution is -2.31. The molecule has 0 atom stereocenters. The fourth-order valence-corrected chi connectivity index (χ4v) is 3.43. The van der Waals surface area contributed by atoms with E-state index in [0.29, 0.717) is 24.1 Å². The van der Waals surface area contributed by atoms with Crippen LogP contribution in [-0.4, -0.2) is 39.9 Å². The molecule has 0 bridgehead atoms. The zero-order valence-electron chi connectivity index (χ0n) is 17.8. The van der Waals surface area contributed by atoms with Gasteiger partial charge in [0.05, 0.1) is 6.54 Å². The smallest absolute Gasteiger partial charge is 0.273 e. The second kappa shape index (κ2) is 8.17. The summed E-state index contributed by atoms with van der Waals surface area (Å²) >= 11 is 0. The molecule has 0 fully saturated rings. The van der Waals surface area contributed by atoms with E-state index in [1.807, 2.05) is 18.7 Å². The summed E-state index contributed by atoms with van der Waals surface area (Å²) in [5.41, 5.74) is 3.66. The van der Waals surface area contributed by atoms with Crippen molar-refractivity contribution in [3.63, 3.8) is 0 Å². The van der Waals surface area contributed by atoms with Gasteiger partial charge in [-0.2, -0.15) is 4.98 Å². The maximum Gasteiger partial charge on any atom is 0.273 e. The molecule has 0 unspecified atom stereocenters. The molecular weight excluding hydrogens is 350 g/mol. The van der Waals surface area contributed by atoms with E-state index < -0.39 is 0 Å². The van der Waals surface area contributed by atoms with Crippen LogP contribution in [0.4, 0.5) is 17.5 Å². The molecule has 3 rings (SSSR count). The van der Waals surface area contributed by atoms with E-state index in [4.69, 9.17) is 4.98 Å². The number of anilines is 3. The highest BCUT2D eigenvalue weighted by Crippen LogP contribution is 2.32. The van der Waals surface area contributed by atoms with Crippen molar-refractivity contribution in [2.45, 2.75) is 60.0 Å². The van der Waals surface area contributed by atoms with Gasteiger partial charge in [-0.1, -0.05) is 26.0 Å². The van der Waals surface area contributed by atoms with E-state index in [2.05, 4.69) is 67.2 Å². The molecule has 1 aromatic carbocycles. The molecule has 28 heavy (non-hydrogen) atoms. The van der Waals surface area contributed by atoms with Crippen molar-refractivity contribution >= 4 is 23.4 Å². The van der Waals surface area contributed by atoms with Gasteiger partial charge in [-0.05, 0) is 51.3 Å². The van der Waals surface area contributed by atoms with Gasteiger partial charge in [0.15, 0.2) is 0 Å². The molecule has 0 saturated carbocycles. The van der Waals surface area contributed by atoms with Crippen LogP contribution in [0.2, 0.25) is 0 Å². The molecule has 6 nitrogen and oxygen atoms in total. The Morgan fingerprint density at radius 3 is 2.25 bits per heavy atom. The average molecular weight is 382 g/mol. The number of benzene rings is 1. The Morgan fingerprint density at radius 1 is 1.07 bits per heavy atom. The number of hydrogen-bond acceptors (Lipinski definition) is 5. The molecule has 0 radical (unpaired) electrons. The quantitative estimate of drug-likeness (QED) is 0.762. The third-order valence-electron chi connectivity index (χ3n) is 5.30. The molecule has 1 amide bonds. The maximum absolute atomic E-state index is 12.9. The van der Waals surface area contributed by atoms with Gasteiger partial charge >= 0.3 is 0 Å². The summed E-state index contributed by atoms with van der Waals surface area (Å²) in [6.07, 6.45) is 0. The average Bonchev–Trinajstić information content (AvgIpc) is 3.01. The molecule has 150 valence electrons. The number of nitrogens with one attached hydrogen (secondary N) is 1. The summed E-state index contributed by atoms with van der Waals surface area (Å²) in [5.74, 6) is 1.80. The summed E-state index contributed by atoms with van der Waals surface area (Å²) in [5, 5.41) is 3.44. The van der Waals surface area contributed by atoms with Crippen LogP contribution in [0.15, 0.2) is 24.3 Å². The van der Waals surface area contributed by atoms with Crippen LogP contribution in [0, 0.1) is 0 Å². The minimum absolute atomic E-state index is 0.0148. The summed E-state index contributed by atoms with van der Waals surface area (Å²) < 4.78 is 0. The lowest BCUT2D eigenvalue weighted by molar-refractivity contribution is 0.0726. The predicted molar refractivity (Wildman–Crippen MR) is 114 cm³/mol. The number of carbonyl (C=O) groups excluding carboxylic acids is 1. The van der Waals surface area contributed by atoms with E-state index in [1.54, 1.807) is 0 Å². The van der Waals surface area contributed by atoms with Crippen molar-refractivity contribution < 1.29 is 4.79 Å². The number of nitrogens with zero attached hydrogens (tertiary/aromatic N) is 4. The standard InChI is InChI=1S/C22H31N5O/c1-7-26(8-2)22-24-19-18(13-27(15(5)6)21(19)28)20(25-22)23-17-11-9-16(10-12-17)14(3)4/h9-12,14-15H,7-8,13H2,1-6H3,(H,23,24,25). The molecule has 1 aromatic heterocycles. The van der Waals surface area contributed by atoms with Crippen molar-refractivity contribution in [1.82, 2.24) is 14.9 Å². The van der Waals surface area contributed by atoms with Gasteiger partial charge in [-0.3, -0.25) is 4.79 Å². The van der Waals surface area contributed by atoms with Crippen LogP contribution in [0.5, 0.6) is 0 Å². The van der Waals surface area contributed by atoms with Crippen molar-refractivity contribution in [3.8, 4) is 0 Å². The second-order valence-electron chi connectivity index (χ2n) is 7.80. The predicted octanol–water partition coefficient (Wildman–Crippen LogP) is 4.55. The maximum atomic E-state index is 12.9. The summed E-state index contributed by atoms with van der Waals surface area (Å²) in [7, 11) is 0. The molecule has 2 aromatic rings. The molecule has 6 heteroatoms. The monoisotopic (exact) mass is 381 g/mol. The third kappa shape index (κ3) is 3.81. The van der Waals surface area contributed by atoms with Crippen LogP contribution in [0.3, 0.4) is 0 Å². The zero-order valence-corrected chi connectivity index (χ0v) is 17.8. The molecule has 2 heterocycles. The molecule has 0 spiro atoms. The normalized spacial score (nSPS) is 13.4. The van der Waals surface area contributed by atoms with Crippen molar-refractivity contribution in [3.05, 3.63) is 41.1 Å². The number of hydrogen-bond donors (Lipinski definition) is 1. The van der Waals surface area contributed by atoms with Crippen molar-refractivity contribution in [2.24, 2.45) is 0 Å². The lowest BCUT2D eigenvalue weighted by atomic mass is 10.0. The van der Waals surface area contributed by atoms with Crippen LogP contribution in [0.1, 0.15) is 69.1 Å². The highest BCUT2D eigenvalue weighted by atomic mass is 16.2. The number of fused-ring (bicyclic) bond motifs is 1. The SMILES string of the molecule is CCN(CC)c1nc(Nc2ccc(C(C)C)cc2)c2c(n1)C(=O)N(C(C)C)C2. The van der Waals surface area contributed by atoms with Gasteiger partial charge in [0.2, 0.25) is 5.95 Å². The van der Waals surface area contributed by atoms with Gasteiger partial charge < -0.3 is 15.1 Å². The molecular formula is C22H31N5O. The van der Waals surface area contributed by atoms with E-state index in [-0.39, 0.29) is 11.9 Å². The summed E-state index contributed by atoms with van der Waals surface area (Å²) in [4.78, 5) is 26.2. The minimum Gasteiger partial charge on any atom is -0.341 e. The van der Waals surface area contributed by atoms with E-state index in [0.717, 1.165) is 30.2 Å². The fourth-order valence-electron chi connectivity index (χ4n) is 3.43. The third-order valence-corrected chi connectivity index (χ3v) is 5.30. The first kappa shape index (κ1) is 20.1. The Labute approximate surface area is 168 Å². The molecule has 1 N–H and O–H groups in total. The van der Waals surface area contributed by atoms with Gasteiger partial charge in [-0.25, -0.2) is 4.98 Å². The molecule has 1 aliphatic rings. The Bertz CT molecular complexity index is 841. The fraction of sp³-hybridized carbons (Fsp3) is 0.500. The van der Waals surface area contributed by atoms with Gasteiger partial charge in [0.25, 0.3) is 5.91 Å². The topological polar surface area (TPSA) is 61.4 Å². The molecule has 0 saturated heterocycles. The Balaban J connectivity index is 2.02. The number of carbonyl (C=O) groups is 1. The molecule has 0 aliphatic carbocycles. The highest BCUT2D eigenvalue weighted by molar-refractivity contribution is 5.98. The van der Waals surface area contributed by atoms with E-state index in [1.165, 1.54) is 5.56 Å². The van der Waals surface area contributed by atoms with E-state index in [9.17, 15) is 4.79 Å². The Kier molecular flexibility index (Phi) is 5.87. The molecule has 1 aliphatic heterocycles. The van der Waals surface area contributed by atoms with Crippen molar-refractivity contribution in [2.75, 3.05) is 23.3 Å². The Morgan fingerprint density at radius 2 is 1.71 bits per heavy atom. The summed E-state index contributed by atoms with van der Waals surface area (Å²) in [6, 6.07) is 8.52. The first-order valence-electron chi connectivity index (χ1n) is 10.2. The number of aromatic nitrogens is 2. The van der Waals surface area contributed by atoms with Gasteiger partial charge in [0.1, 0.15) is 11.5 Å². The first-order valence-corrected chi connectivity index (χ1v) is 10.2. The van der Waals surface area contributed by atoms with Crippen LogP contribution >= 0.6 is 0 Å².